The number of benzene rings is 1. The summed E-state index contributed by atoms with van der Waals surface area (Å²) >= 11 is 0. The monoisotopic (exact) mass is 539 g/mol. The molecule has 1 aromatic carbocycles. The SMILES string of the molecule is CC(C)Oc1ccc(NC(=NCCCOCC2CC2)NCCS(C)(=O)=O)cc1.I. The van der Waals surface area contributed by atoms with Gasteiger partial charge in [0, 0.05) is 38.2 Å². The number of guanidine groups is 1. The highest BCUT2D eigenvalue weighted by Gasteiger charge is 2.20. The zero-order valence-electron chi connectivity index (χ0n) is 17.5. The van der Waals surface area contributed by atoms with Crippen LogP contribution in [0.4, 0.5) is 5.69 Å². The molecule has 1 aliphatic rings. The molecule has 166 valence electrons. The maximum atomic E-state index is 11.4. The van der Waals surface area contributed by atoms with Crippen LogP contribution in [0, 0.1) is 5.92 Å². The van der Waals surface area contributed by atoms with Crippen molar-refractivity contribution in [1.82, 2.24) is 5.32 Å². The van der Waals surface area contributed by atoms with Gasteiger partial charge in [0.25, 0.3) is 0 Å². The van der Waals surface area contributed by atoms with Crippen molar-refractivity contribution in [3.63, 3.8) is 0 Å². The number of nitrogens with one attached hydrogen (secondary N) is 2. The van der Waals surface area contributed by atoms with E-state index in [0.717, 1.165) is 30.4 Å². The Hall–Kier alpha value is -1.07. The highest BCUT2D eigenvalue weighted by Crippen LogP contribution is 2.28. The van der Waals surface area contributed by atoms with E-state index < -0.39 is 9.84 Å². The lowest BCUT2D eigenvalue weighted by Crippen LogP contribution is -2.34. The first-order valence-corrected chi connectivity index (χ1v) is 12.0. The van der Waals surface area contributed by atoms with Gasteiger partial charge in [-0.3, -0.25) is 4.99 Å². The summed E-state index contributed by atoms with van der Waals surface area (Å²) in [6.45, 7) is 6.42. The Balaban J connectivity index is 0.00000420. The Kier molecular flexibility index (Phi) is 11.9. The summed E-state index contributed by atoms with van der Waals surface area (Å²) in [7, 11) is -3.03. The van der Waals surface area contributed by atoms with Gasteiger partial charge in [-0.2, -0.15) is 0 Å². The van der Waals surface area contributed by atoms with Crippen LogP contribution < -0.4 is 15.4 Å². The number of halogens is 1. The molecule has 1 aliphatic carbocycles. The van der Waals surface area contributed by atoms with Gasteiger partial charge in [-0.25, -0.2) is 8.42 Å². The van der Waals surface area contributed by atoms with Crippen molar-refractivity contribution < 1.29 is 17.9 Å². The van der Waals surface area contributed by atoms with E-state index in [1.54, 1.807) is 0 Å². The molecule has 0 amide bonds. The molecular weight excluding hydrogens is 505 g/mol. The molecule has 0 bridgehead atoms. The maximum absolute atomic E-state index is 11.4. The molecule has 0 radical (unpaired) electrons. The predicted octanol–water partition coefficient (Wildman–Crippen LogP) is 3.31. The maximum Gasteiger partial charge on any atom is 0.195 e. The summed E-state index contributed by atoms with van der Waals surface area (Å²) in [6, 6.07) is 7.60. The molecule has 0 unspecified atom stereocenters. The number of aliphatic imine (C=N–C) groups is 1. The van der Waals surface area contributed by atoms with Crippen LogP contribution >= 0.6 is 24.0 Å². The van der Waals surface area contributed by atoms with E-state index in [1.807, 2.05) is 38.1 Å². The molecule has 0 aliphatic heterocycles. The summed E-state index contributed by atoms with van der Waals surface area (Å²) in [5.41, 5.74) is 0.853. The van der Waals surface area contributed by atoms with Crippen molar-refractivity contribution in [3.05, 3.63) is 24.3 Å². The van der Waals surface area contributed by atoms with Crippen molar-refractivity contribution >= 4 is 45.5 Å². The molecule has 0 saturated heterocycles. The number of rotatable bonds is 12. The van der Waals surface area contributed by atoms with Gasteiger partial charge in [-0.15, -0.1) is 24.0 Å². The van der Waals surface area contributed by atoms with Crippen molar-refractivity contribution in [3.8, 4) is 5.75 Å². The summed E-state index contributed by atoms with van der Waals surface area (Å²) in [4.78, 5) is 4.53. The van der Waals surface area contributed by atoms with E-state index in [0.29, 0.717) is 25.7 Å². The van der Waals surface area contributed by atoms with Gasteiger partial charge >= 0.3 is 0 Å². The summed E-state index contributed by atoms with van der Waals surface area (Å²) in [5, 5.41) is 6.29. The van der Waals surface area contributed by atoms with Crippen molar-refractivity contribution in [2.75, 3.05) is 43.6 Å². The Morgan fingerprint density at radius 2 is 1.93 bits per heavy atom. The van der Waals surface area contributed by atoms with E-state index in [9.17, 15) is 8.42 Å². The molecular formula is C20H34IN3O4S. The predicted molar refractivity (Wildman–Crippen MR) is 129 cm³/mol. The molecule has 7 nitrogen and oxygen atoms in total. The number of sulfone groups is 1. The second kappa shape index (κ2) is 13.3. The van der Waals surface area contributed by atoms with Crippen molar-refractivity contribution in [2.45, 2.75) is 39.2 Å². The number of hydrogen-bond donors (Lipinski definition) is 2. The Morgan fingerprint density at radius 1 is 1.24 bits per heavy atom. The lowest BCUT2D eigenvalue weighted by atomic mass is 10.3. The molecule has 9 heteroatoms. The Bertz CT molecular complexity index is 720. The minimum atomic E-state index is -3.03. The first-order valence-electron chi connectivity index (χ1n) is 9.89. The van der Waals surface area contributed by atoms with Gasteiger partial charge in [0.1, 0.15) is 15.6 Å². The summed E-state index contributed by atoms with van der Waals surface area (Å²) in [6.07, 6.45) is 4.75. The molecule has 2 N–H and O–H groups in total. The lowest BCUT2D eigenvalue weighted by molar-refractivity contribution is 0.123. The van der Waals surface area contributed by atoms with E-state index in [2.05, 4.69) is 15.6 Å². The molecule has 0 aromatic heterocycles. The molecule has 2 rings (SSSR count). The van der Waals surface area contributed by atoms with Crippen LogP contribution in [0.25, 0.3) is 0 Å². The summed E-state index contributed by atoms with van der Waals surface area (Å²) in [5.74, 6) is 2.18. The minimum Gasteiger partial charge on any atom is -0.491 e. The number of anilines is 1. The van der Waals surface area contributed by atoms with Gasteiger partial charge < -0.3 is 20.1 Å². The normalized spacial score (nSPS) is 14.4. The second-order valence-electron chi connectivity index (χ2n) is 7.47. The molecule has 0 spiro atoms. The third kappa shape index (κ3) is 13.0. The van der Waals surface area contributed by atoms with Gasteiger partial charge in [0.15, 0.2) is 5.96 Å². The minimum absolute atomic E-state index is 0. The zero-order chi connectivity index (χ0) is 20.4. The number of ether oxygens (including phenoxy) is 2. The van der Waals surface area contributed by atoms with E-state index >= 15 is 0 Å². The van der Waals surface area contributed by atoms with Gasteiger partial charge in [0.2, 0.25) is 0 Å². The number of nitrogens with zero attached hydrogens (tertiary/aromatic N) is 1. The van der Waals surface area contributed by atoms with Gasteiger partial charge in [0.05, 0.1) is 11.9 Å². The van der Waals surface area contributed by atoms with Crippen LogP contribution in [0.15, 0.2) is 29.3 Å². The van der Waals surface area contributed by atoms with Crippen LogP contribution in [-0.2, 0) is 14.6 Å². The van der Waals surface area contributed by atoms with Crippen LogP contribution in [-0.4, -0.2) is 58.8 Å². The quantitative estimate of drug-likeness (QED) is 0.184. The molecule has 1 saturated carbocycles. The molecule has 0 heterocycles. The standard InChI is InChI=1S/C20H33N3O4S.HI/c1-16(2)27-19-9-7-18(8-10-19)23-20(22-12-14-28(3,24)25)21-11-4-13-26-15-17-5-6-17;/h7-10,16-17H,4-6,11-15H2,1-3H3,(H2,21,22,23);1H. The fourth-order valence-corrected chi connectivity index (χ4v) is 2.89. The van der Waals surface area contributed by atoms with Gasteiger partial charge in [-0.05, 0) is 63.3 Å². The van der Waals surface area contributed by atoms with Crippen LogP contribution in [0.3, 0.4) is 0 Å². The highest BCUT2D eigenvalue weighted by atomic mass is 127. The largest absolute Gasteiger partial charge is 0.491 e. The van der Waals surface area contributed by atoms with Crippen LogP contribution in [0.5, 0.6) is 5.75 Å². The van der Waals surface area contributed by atoms with E-state index in [4.69, 9.17) is 9.47 Å². The molecule has 0 atom stereocenters. The molecule has 29 heavy (non-hydrogen) atoms. The first-order chi connectivity index (χ1) is 13.3. The van der Waals surface area contributed by atoms with E-state index in [1.165, 1.54) is 19.1 Å². The second-order valence-corrected chi connectivity index (χ2v) is 9.73. The highest BCUT2D eigenvalue weighted by molar-refractivity contribution is 14.0. The smallest absolute Gasteiger partial charge is 0.195 e. The van der Waals surface area contributed by atoms with Crippen LogP contribution in [0.1, 0.15) is 33.1 Å². The van der Waals surface area contributed by atoms with E-state index in [-0.39, 0.29) is 35.8 Å². The molecule has 1 aromatic rings. The van der Waals surface area contributed by atoms with Crippen molar-refractivity contribution in [1.29, 1.82) is 0 Å². The fraction of sp³-hybridized carbons (Fsp3) is 0.650. The van der Waals surface area contributed by atoms with Crippen LogP contribution in [0.2, 0.25) is 0 Å². The van der Waals surface area contributed by atoms with Crippen molar-refractivity contribution in [2.24, 2.45) is 10.9 Å². The average Bonchev–Trinajstić information content (AvgIpc) is 3.42. The Labute approximate surface area is 192 Å². The fourth-order valence-electron chi connectivity index (χ4n) is 2.41. The number of hydrogen-bond acceptors (Lipinski definition) is 5. The summed E-state index contributed by atoms with van der Waals surface area (Å²) < 4.78 is 34.0. The Morgan fingerprint density at radius 3 is 2.52 bits per heavy atom. The zero-order valence-corrected chi connectivity index (χ0v) is 20.7. The molecule has 1 fully saturated rings. The van der Waals surface area contributed by atoms with Gasteiger partial charge in [-0.1, -0.05) is 0 Å². The topological polar surface area (TPSA) is 89.0 Å². The average molecular weight is 539 g/mol. The third-order valence-corrected chi connectivity index (χ3v) is 4.97. The third-order valence-electron chi connectivity index (χ3n) is 4.02. The lowest BCUT2D eigenvalue weighted by Gasteiger charge is -2.14. The first kappa shape index (κ1) is 26.0.